The van der Waals surface area contributed by atoms with Gasteiger partial charge in [0, 0.05) is 24.6 Å². The molecule has 108 valence electrons. The van der Waals surface area contributed by atoms with Crippen molar-refractivity contribution in [1.29, 1.82) is 0 Å². The molecule has 1 fully saturated rings. The highest BCUT2D eigenvalue weighted by atomic mass is 19.3. The van der Waals surface area contributed by atoms with Crippen LogP contribution >= 0.6 is 0 Å². The van der Waals surface area contributed by atoms with Gasteiger partial charge in [-0.15, -0.1) is 0 Å². The standard InChI is InChI=1S/C13H13F3N2O2/c14-9-2-1-3-11(4-9)18(8-19)7-12(20)17-10-5-13(15,16)6-10/h1-4,8,10H,5-7H2,(H,17,20). The molecular formula is C13H13F3N2O2. The highest BCUT2D eigenvalue weighted by Gasteiger charge is 2.45. The fraction of sp³-hybridized carbons (Fsp3) is 0.385. The molecule has 0 saturated heterocycles. The smallest absolute Gasteiger partial charge is 0.252 e. The van der Waals surface area contributed by atoms with Crippen molar-refractivity contribution >= 4 is 18.0 Å². The molecule has 1 aliphatic carbocycles. The van der Waals surface area contributed by atoms with Crippen LogP contribution in [0.5, 0.6) is 0 Å². The molecule has 0 aliphatic heterocycles. The number of hydrogen-bond acceptors (Lipinski definition) is 2. The van der Waals surface area contributed by atoms with E-state index in [1.807, 2.05) is 0 Å². The number of anilines is 1. The van der Waals surface area contributed by atoms with Gasteiger partial charge in [0.15, 0.2) is 0 Å². The van der Waals surface area contributed by atoms with Gasteiger partial charge >= 0.3 is 0 Å². The second-order valence-electron chi connectivity index (χ2n) is 4.74. The molecule has 7 heteroatoms. The van der Waals surface area contributed by atoms with Gasteiger partial charge in [0.05, 0.1) is 0 Å². The minimum Gasteiger partial charge on any atom is -0.351 e. The molecule has 0 heterocycles. The van der Waals surface area contributed by atoms with Crippen molar-refractivity contribution in [2.75, 3.05) is 11.4 Å². The van der Waals surface area contributed by atoms with E-state index in [1.165, 1.54) is 18.2 Å². The summed E-state index contributed by atoms with van der Waals surface area (Å²) in [5.74, 6) is -3.81. The van der Waals surface area contributed by atoms with Crippen molar-refractivity contribution in [3.63, 3.8) is 0 Å². The van der Waals surface area contributed by atoms with Crippen LogP contribution in [0.25, 0.3) is 0 Å². The summed E-state index contributed by atoms with van der Waals surface area (Å²) in [5.41, 5.74) is 0.231. The van der Waals surface area contributed by atoms with E-state index in [-0.39, 0.29) is 25.1 Å². The van der Waals surface area contributed by atoms with Gasteiger partial charge < -0.3 is 10.2 Å². The molecule has 4 nitrogen and oxygen atoms in total. The van der Waals surface area contributed by atoms with Gasteiger partial charge in [-0.3, -0.25) is 9.59 Å². The van der Waals surface area contributed by atoms with Crippen LogP contribution in [0.15, 0.2) is 24.3 Å². The molecule has 1 aromatic rings. The van der Waals surface area contributed by atoms with Crippen LogP contribution < -0.4 is 10.2 Å². The van der Waals surface area contributed by atoms with Gasteiger partial charge in [-0.2, -0.15) is 0 Å². The predicted octanol–water partition coefficient (Wildman–Crippen LogP) is 1.70. The van der Waals surface area contributed by atoms with Gasteiger partial charge in [0.1, 0.15) is 12.4 Å². The van der Waals surface area contributed by atoms with Crippen molar-refractivity contribution in [2.45, 2.75) is 24.8 Å². The number of benzene rings is 1. The number of nitrogens with one attached hydrogen (secondary N) is 1. The number of carbonyl (C=O) groups is 2. The second-order valence-corrected chi connectivity index (χ2v) is 4.74. The summed E-state index contributed by atoms with van der Waals surface area (Å²) in [6.45, 7) is -0.338. The van der Waals surface area contributed by atoms with Crippen LogP contribution in [0.4, 0.5) is 18.9 Å². The molecule has 1 aliphatic rings. The zero-order valence-electron chi connectivity index (χ0n) is 10.5. The van der Waals surface area contributed by atoms with Gasteiger partial charge in [-0.25, -0.2) is 13.2 Å². The second kappa shape index (κ2) is 5.52. The molecule has 20 heavy (non-hydrogen) atoms. The third-order valence-electron chi connectivity index (χ3n) is 3.04. The maximum absolute atomic E-state index is 13.0. The lowest BCUT2D eigenvalue weighted by molar-refractivity contribution is -0.128. The third-order valence-corrected chi connectivity index (χ3v) is 3.04. The van der Waals surface area contributed by atoms with Gasteiger partial charge in [0.2, 0.25) is 12.3 Å². The molecule has 0 aromatic heterocycles. The van der Waals surface area contributed by atoms with Crippen molar-refractivity contribution in [2.24, 2.45) is 0 Å². The fourth-order valence-electron chi connectivity index (χ4n) is 2.04. The number of carbonyl (C=O) groups excluding carboxylic acids is 2. The van der Waals surface area contributed by atoms with E-state index in [1.54, 1.807) is 0 Å². The van der Waals surface area contributed by atoms with Crippen LogP contribution in [0.2, 0.25) is 0 Å². The SMILES string of the molecule is O=CN(CC(=O)NC1CC(F)(F)C1)c1cccc(F)c1. The highest BCUT2D eigenvalue weighted by molar-refractivity contribution is 5.88. The summed E-state index contributed by atoms with van der Waals surface area (Å²) in [6, 6.07) is 4.63. The van der Waals surface area contributed by atoms with Crippen LogP contribution in [0.1, 0.15) is 12.8 Å². The third kappa shape index (κ3) is 3.49. The van der Waals surface area contributed by atoms with E-state index >= 15 is 0 Å². The summed E-state index contributed by atoms with van der Waals surface area (Å²) < 4.78 is 38.3. The largest absolute Gasteiger partial charge is 0.351 e. The highest BCUT2D eigenvalue weighted by Crippen LogP contribution is 2.37. The summed E-state index contributed by atoms with van der Waals surface area (Å²) >= 11 is 0. The molecule has 0 unspecified atom stereocenters. The first-order chi connectivity index (χ1) is 9.39. The van der Waals surface area contributed by atoms with Crippen molar-refractivity contribution in [1.82, 2.24) is 5.32 Å². The number of hydrogen-bond donors (Lipinski definition) is 1. The number of alkyl halides is 2. The maximum Gasteiger partial charge on any atom is 0.252 e. The molecule has 1 N–H and O–H groups in total. The average molecular weight is 286 g/mol. The van der Waals surface area contributed by atoms with E-state index in [0.29, 0.717) is 6.41 Å². The summed E-state index contributed by atoms with van der Waals surface area (Å²) in [4.78, 5) is 23.6. The number of amides is 2. The number of rotatable bonds is 5. The van der Waals surface area contributed by atoms with Gasteiger partial charge in [0.25, 0.3) is 5.92 Å². The molecule has 0 spiro atoms. The Morgan fingerprint density at radius 1 is 1.45 bits per heavy atom. The van der Waals surface area contributed by atoms with E-state index in [0.717, 1.165) is 11.0 Å². The van der Waals surface area contributed by atoms with E-state index in [2.05, 4.69) is 5.32 Å². The van der Waals surface area contributed by atoms with Crippen LogP contribution in [-0.4, -0.2) is 30.8 Å². The Morgan fingerprint density at radius 2 is 2.15 bits per heavy atom. The predicted molar refractivity (Wildman–Crippen MR) is 65.9 cm³/mol. The van der Waals surface area contributed by atoms with Crippen molar-refractivity contribution < 1.29 is 22.8 Å². The quantitative estimate of drug-likeness (QED) is 0.838. The first kappa shape index (κ1) is 14.4. The lowest BCUT2D eigenvalue weighted by Crippen LogP contribution is -2.52. The Balaban J connectivity index is 1.90. The normalized spacial score (nSPS) is 17.1. The molecule has 0 atom stereocenters. The first-order valence-electron chi connectivity index (χ1n) is 6.04. The minimum absolute atomic E-state index is 0.231. The Hall–Kier alpha value is -2.05. The Kier molecular flexibility index (Phi) is 3.96. The van der Waals surface area contributed by atoms with Crippen molar-refractivity contribution in [3.05, 3.63) is 30.1 Å². The van der Waals surface area contributed by atoms with Gasteiger partial charge in [-0.1, -0.05) is 6.07 Å². The van der Waals surface area contributed by atoms with E-state index < -0.39 is 23.7 Å². The zero-order chi connectivity index (χ0) is 14.8. The topological polar surface area (TPSA) is 49.4 Å². The Labute approximate surface area is 113 Å². The maximum atomic E-state index is 13.0. The number of nitrogens with zero attached hydrogens (tertiary/aromatic N) is 1. The Morgan fingerprint density at radius 3 is 2.70 bits per heavy atom. The lowest BCUT2D eigenvalue weighted by Gasteiger charge is -2.35. The summed E-state index contributed by atoms with van der Waals surface area (Å²) in [5, 5.41) is 2.41. The molecular weight excluding hydrogens is 273 g/mol. The minimum atomic E-state index is -2.72. The molecule has 0 bridgehead atoms. The Bertz CT molecular complexity index is 514. The monoisotopic (exact) mass is 286 g/mol. The molecule has 1 aromatic carbocycles. The fourth-order valence-corrected chi connectivity index (χ4v) is 2.04. The lowest BCUT2D eigenvalue weighted by atomic mass is 9.88. The zero-order valence-corrected chi connectivity index (χ0v) is 10.5. The number of halogens is 3. The van der Waals surface area contributed by atoms with Crippen LogP contribution in [0.3, 0.4) is 0 Å². The summed E-state index contributed by atoms with van der Waals surface area (Å²) in [7, 11) is 0. The first-order valence-corrected chi connectivity index (χ1v) is 6.04. The average Bonchev–Trinajstić information content (AvgIpc) is 2.33. The molecule has 2 amide bonds. The van der Waals surface area contributed by atoms with E-state index in [9.17, 15) is 22.8 Å². The van der Waals surface area contributed by atoms with E-state index in [4.69, 9.17) is 0 Å². The molecule has 0 radical (unpaired) electrons. The van der Waals surface area contributed by atoms with Crippen LogP contribution in [-0.2, 0) is 9.59 Å². The molecule has 1 saturated carbocycles. The van der Waals surface area contributed by atoms with Gasteiger partial charge in [-0.05, 0) is 18.2 Å². The summed E-state index contributed by atoms with van der Waals surface area (Å²) in [6.07, 6.45) is -0.386. The van der Waals surface area contributed by atoms with Crippen molar-refractivity contribution in [3.8, 4) is 0 Å². The van der Waals surface area contributed by atoms with Crippen LogP contribution in [0, 0.1) is 5.82 Å². The molecule has 2 rings (SSSR count).